The van der Waals surface area contributed by atoms with Gasteiger partial charge < -0.3 is 14.8 Å². The number of pyridine rings is 1. The fourth-order valence-corrected chi connectivity index (χ4v) is 2.78. The number of aromatic nitrogens is 1. The number of carbonyl (C=O) groups excluding carboxylic acids is 1. The smallest absolute Gasteiger partial charge is 0.224 e. The molecule has 2 heterocycles. The lowest BCUT2D eigenvalue weighted by Crippen LogP contribution is -2.50. The average molecular weight is 326 g/mol. The fraction of sp³-hybridized carbons (Fsp3) is 0.368. The number of ether oxygens (including phenoxy) is 2. The van der Waals surface area contributed by atoms with Crippen LogP contribution in [0.5, 0.6) is 0 Å². The second kappa shape index (κ2) is 8.57. The molecule has 0 aliphatic carbocycles. The van der Waals surface area contributed by atoms with E-state index in [0.717, 1.165) is 17.5 Å². The van der Waals surface area contributed by atoms with Gasteiger partial charge in [-0.2, -0.15) is 0 Å². The molecule has 3 rings (SSSR count). The second-order valence-corrected chi connectivity index (χ2v) is 5.91. The molecule has 1 saturated heterocycles. The van der Waals surface area contributed by atoms with Crippen LogP contribution in [-0.2, 0) is 27.3 Å². The maximum Gasteiger partial charge on any atom is 0.224 e. The second-order valence-electron chi connectivity index (χ2n) is 5.91. The van der Waals surface area contributed by atoms with E-state index in [1.54, 1.807) is 12.4 Å². The van der Waals surface area contributed by atoms with Gasteiger partial charge in [-0.15, -0.1) is 0 Å². The van der Waals surface area contributed by atoms with E-state index in [-0.39, 0.29) is 18.1 Å². The van der Waals surface area contributed by atoms with E-state index in [9.17, 15) is 4.79 Å². The highest BCUT2D eigenvalue weighted by molar-refractivity contribution is 5.78. The highest BCUT2D eigenvalue weighted by Gasteiger charge is 2.28. The lowest BCUT2D eigenvalue weighted by molar-refractivity contribution is -0.125. The molecule has 1 N–H and O–H groups in total. The predicted octanol–water partition coefficient (Wildman–Crippen LogP) is 2.11. The molecular formula is C19H22N2O3. The third kappa shape index (κ3) is 4.88. The van der Waals surface area contributed by atoms with Crippen LogP contribution in [0, 0.1) is 0 Å². The average Bonchev–Trinajstić information content (AvgIpc) is 2.63. The van der Waals surface area contributed by atoms with Crippen LogP contribution in [0.15, 0.2) is 54.9 Å². The molecule has 5 nitrogen and oxygen atoms in total. The summed E-state index contributed by atoms with van der Waals surface area (Å²) >= 11 is 0. The molecule has 1 aromatic heterocycles. The van der Waals surface area contributed by atoms with Crippen LogP contribution < -0.4 is 5.32 Å². The summed E-state index contributed by atoms with van der Waals surface area (Å²) in [5, 5.41) is 3.04. The van der Waals surface area contributed by atoms with Gasteiger partial charge in [-0.3, -0.25) is 9.78 Å². The number of hydrogen-bond acceptors (Lipinski definition) is 4. The normalized spacial score (nSPS) is 20.5. The van der Waals surface area contributed by atoms with Gasteiger partial charge in [0.25, 0.3) is 0 Å². The van der Waals surface area contributed by atoms with E-state index >= 15 is 0 Å². The van der Waals surface area contributed by atoms with E-state index in [4.69, 9.17) is 9.47 Å². The Balaban J connectivity index is 1.53. The lowest BCUT2D eigenvalue weighted by atomic mass is 10.1. The number of nitrogens with zero attached hydrogens (tertiary/aromatic N) is 1. The number of amides is 1. The standard InChI is InChI=1S/C19H22N2O3/c22-19(11-16-7-4-9-20-12-16)21-17-14-23-10-8-18(17)24-13-15-5-2-1-3-6-15/h1-7,9,12,17-18H,8,10-11,13-14H2,(H,21,22)/t17-,18+/m1/s1. The quantitative estimate of drug-likeness (QED) is 0.883. The van der Waals surface area contributed by atoms with Crippen molar-refractivity contribution in [1.29, 1.82) is 0 Å². The first-order valence-electron chi connectivity index (χ1n) is 8.23. The molecule has 0 unspecified atom stereocenters. The van der Waals surface area contributed by atoms with Crippen LogP contribution in [-0.4, -0.2) is 36.3 Å². The summed E-state index contributed by atoms with van der Waals surface area (Å²) in [5.74, 6) is -0.0354. The Hall–Kier alpha value is -2.24. The lowest BCUT2D eigenvalue weighted by Gasteiger charge is -2.32. The number of hydrogen-bond donors (Lipinski definition) is 1. The van der Waals surface area contributed by atoms with Gasteiger partial charge in [0.1, 0.15) is 0 Å². The molecular weight excluding hydrogens is 304 g/mol. The van der Waals surface area contributed by atoms with Crippen LogP contribution in [0.4, 0.5) is 0 Å². The monoisotopic (exact) mass is 326 g/mol. The molecule has 1 aliphatic rings. The molecule has 1 amide bonds. The molecule has 0 bridgehead atoms. The van der Waals surface area contributed by atoms with Crippen molar-refractivity contribution in [3.05, 3.63) is 66.0 Å². The predicted molar refractivity (Wildman–Crippen MR) is 90.3 cm³/mol. The molecule has 1 aromatic carbocycles. The fourth-order valence-electron chi connectivity index (χ4n) is 2.78. The van der Waals surface area contributed by atoms with Crippen LogP contribution in [0.3, 0.4) is 0 Å². The summed E-state index contributed by atoms with van der Waals surface area (Å²) in [5.41, 5.74) is 2.03. The minimum absolute atomic E-state index is 0.0307. The van der Waals surface area contributed by atoms with Crippen molar-refractivity contribution in [3.63, 3.8) is 0 Å². The Morgan fingerprint density at radius 3 is 2.83 bits per heavy atom. The van der Waals surface area contributed by atoms with Crippen molar-refractivity contribution in [2.24, 2.45) is 0 Å². The highest BCUT2D eigenvalue weighted by atomic mass is 16.5. The van der Waals surface area contributed by atoms with Gasteiger partial charge in [-0.25, -0.2) is 0 Å². The summed E-state index contributed by atoms with van der Waals surface area (Å²) in [4.78, 5) is 16.3. The van der Waals surface area contributed by atoms with E-state index < -0.39 is 0 Å². The number of nitrogens with one attached hydrogen (secondary N) is 1. The summed E-state index contributed by atoms with van der Waals surface area (Å²) in [6.07, 6.45) is 4.47. The van der Waals surface area contributed by atoms with E-state index in [1.165, 1.54) is 0 Å². The van der Waals surface area contributed by atoms with E-state index in [2.05, 4.69) is 10.3 Å². The van der Waals surface area contributed by atoms with Crippen molar-refractivity contribution in [1.82, 2.24) is 10.3 Å². The maximum atomic E-state index is 12.3. The van der Waals surface area contributed by atoms with Crippen LogP contribution in [0.1, 0.15) is 17.5 Å². The molecule has 0 spiro atoms. The first kappa shape index (κ1) is 16.6. The molecule has 0 radical (unpaired) electrons. The van der Waals surface area contributed by atoms with Crippen molar-refractivity contribution >= 4 is 5.91 Å². The van der Waals surface area contributed by atoms with Gasteiger partial charge in [0.2, 0.25) is 5.91 Å². The summed E-state index contributed by atoms with van der Waals surface area (Å²) in [6, 6.07) is 13.7. The van der Waals surface area contributed by atoms with Gasteiger partial charge in [-0.1, -0.05) is 36.4 Å². The SMILES string of the molecule is O=C(Cc1cccnc1)N[C@@H]1COCC[C@@H]1OCc1ccccc1. The number of carbonyl (C=O) groups is 1. The third-order valence-corrected chi connectivity index (χ3v) is 4.03. The largest absolute Gasteiger partial charge is 0.379 e. The van der Waals surface area contributed by atoms with Crippen LogP contribution in [0.2, 0.25) is 0 Å². The first-order valence-corrected chi connectivity index (χ1v) is 8.23. The number of benzene rings is 1. The van der Waals surface area contributed by atoms with E-state index in [0.29, 0.717) is 26.2 Å². The Kier molecular flexibility index (Phi) is 5.93. The topological polar surface area (TPSA) is 60.5 Å². The van der Waals surface area contributed by atoms with Gasteiger partial charge in [-0.05, 0) is 23.6 Å². The Labute approximate surface area is 142 Å². The Bertz CT molecular complexity index is 634. The molecule has 126 valence electrons. The Morgan fingerprint density at radius 1 is 1.21 bits per heavy atom. The molecule has 5 heteroatoms. The minimum Gasteiger partial charge on any atom is -0.379 e. The van der Waals surface area contributed by atoms with E-state index in [1.807, 2.05) is 42.5 Å². The summed E-state index contributed by atoms with van der Waals surface area (Å²) < 4.78 is 11.5. The summed E-state index contributed by atoms with van der Waals surface area (Å²) in [6.45, 7) is 1.69. The molecule has 2 aromatic rings. The maximum absolute atomic E-state index is 12.3. The van der Waals surface area contributed by atoms with Crippen molar-refractivity contribution in [3.8, 4) is 0 Å². The molecule has 1 fully saturated rings. The molecule has 24 heavy (non-hydrogen) atoms. The molecule has 0 saturated carbocycles. The Morgan fingerprint density at radius 2 is 2.04 bits per heavy atom. The van der Waals surface area contributed by atoms with Crippen molar-refractivity contribution in [2.75, 3.05) is 13.2 Å². The minimum atomic E-state index is -0.119. The zero-order valence-corrected chi connectivity index (χ0v) is 13.6. The zero-order valence-electron chi connectivity index (χ0n) is 13.6. The number of rotatable bonds is 6. The van der Waals surface area contributed by atoms with Gasteiger partial charge in [0.05, 0.1) is 31.8 Å². The van der Waals surface area contributed by atoms with Crippen LogP contribution >= 0.6 is 0 Å². The highest BCUT2D eigenvalue weighted by Crippen LogP contribution is 2.15. The van der Waals surface area contributed by atoms with Crippen molar-refractivity contribution < 1.29 is 14.3 Å². The van der Waals surface area contributed by atoms with Crippen LogP contribution in [0.25, 0.3) is 0 Å². The van der Waals surface area contributed by atoms with Crippen molar-refractivity contribution in [2.45, 2.75) is 31.6 Å². The molecule has 1 aliphatic heterocycles. The zero-order chi connectivity index (χ0) is 16.6. The molecule has 2 atom stereocenters. The summed E-state index contributed by atoms with van der Waals surface area (Å²) in [7, 11) is 0. The third-order valence-electron chi connectivity index (χ3n) is 4.03. The van der Waals surface area contributed by atoms with Gasteiger partial charge in [0.15, 0.2) is 0 Å². The van der Waals surface area contributed by atoms with Gasteiger partial charge >= 0.3 is 0 Å². The first-order chi connectivity index (χ1) is 11.8. The van der Waals surface area contributed by atoms with Gasteiger partial charge in [0, 0.05) is 19.0 Å².